The predicted octanol–water partition coefficient (Wildman–Crippen LogP) is 4.38. The lowest BCUT2D eigenvalue weighted by Gasteiger charge is -2.40. The van der Waals surface area contributed by atoms with Gasteiger partial charge in [-0.05, 0) is 43.7 Å². The number of hydrogen-bond acceptors (Lipinski definition) is 4. The van der Waals surface area contributed by atoms with Gasteiger partial charge >= 0.3 is 0 Å². The van der Waals surface area contributed by atoms with Gasteiger partial charge in [-0.25, -0.2) is 0 Å². The highest BCUT2D eigenvalue weighted by atomic mass is 79.9. The molecule has 0 bridgehead atoms. The molecule has 0 saturated carbocycles. The highest BCUT2D eigenvalue weighted by molar-refractivity contribution is 9.10. The summed E-state index contributed by atoms with van der Waals surface area (Å²) in [5.41, 5.74) is 2.36. The smallest absolute Gasteiger partial charge is 0.119 e. The van der Waals surface area contributed by atoms with Gasteiger partial charge in [-0.2, -0.15) is 0 Å². The molecule has 1 heterocycles. The van der Waals surface area contributed by atoms with Crippen LogP contribution in [0.5, 0.6) is 5.75 Å². The van der Waals surface area contributed by atoms with E-state index in [9.17, 15) is 5.11 Å². The minimum atomic E-state index is -0.539. The van der Waals surface area contributed by atoms with Crippen molar-refractivity contribution in [3.05, 3.63) is 64.1 Å². The third-order valence-corrected chi connectivity index (χ3v) is 5.33. The number of aliphatic hydroxyl groups is 1. The SMILES string of the molecule is Cc1ccc(OCC(O)CN2CCOC(c3ccc(Br)cc3)C2C)cc1.Cl. The van der Waals surface area contributed by atoms with E-state index in [4.69, 9.17) is 9.47 Å². The quantitative estimate of drug-likeness (QED) is 0.700. The Hall–Kier alpha value is -1.11. The third-order valence-electron chi connectivity index (χ3n) is 4.80. The molecule has 3 rings (SSSR count). The Morgan fingerprint density at radius 1 is 1.19 bits per heavy atom. The van der Waals surface area contributed by atoms with Crippen LogP contribution in [0.25, 0.3) is 0 Å². The van der Waals surface area contributed by atoms with Crippen LogP contribution in [-0.2, 0) is 4.74 Å². The van der Waals surface area contributed by atoms with E-state index in [2.05, 4.69) is 39.9 Å². The summed E-state index contributed by atoms with van der Waals surface area (Å²) in [7, 11) is 0. The number of halogens is 2. The Morgan fingerprint density at radius 2 is 1.85 bits per heavy atom. The van der Waals surface area contributed by atoms with E-state index in [1.165, 1.54) is 5.56 Å². The summed E-state index contributed by atoms with van der Waals surface area (Å²) >= 11 is 3.47. The van der Waals surface area contributed by atoms with Crippen molar-refractivity contribution in [3.8, 4) is 5.75 Å². The average Bonchev–Trinajstić information content (AvgIpc) is 2.64. The van der Waals surface area contributed by atoms with Crippen molar-refractivity contribution < 1.29 is 14.6 Å². The van der Waals surface area contributed by atoms with Crippen LogP contribution in [0, 0.1) is 6.92 Å². The zero-order valence-electron chi connectivity index (χ0n) is 15.7. The summed E-state index contributed by atoms with van der Waals surface area (Å²) in [6, 6.07) is 16.3. The van der Waals surface area contributed by atoms with Crippen LogP contribution in [0.15, 0.2) is 53.0 Å². The molecule has 1 aliphatic rings. The van der Waals surface area contributed by atoms with Gasteiger partial charge < -0.3 is 14.6 Å². The molecule has 1 N–H and O–H groups in total. The molecule has 27 heavy (non-hydrogen) atoms. The number of aryl methyl sites for hydroxylation is 1. The maximum Gasteiger partial charge on any atom is 0.119 e. The Labute approximate surface area is 176 Å². The fraction of sp³-hybridized carbons (Fsp3) is 0.429. The number of aliphatic hydroxyl groups excluding tert-OH is 1. The number of β-amino-alcohol motifs (C(OH)–C–C–N with tert-alkyl or cyclic N) is 1. The third kappa shape index (κ3) is 6.19. The summed E-state index contributed by atoms with van der Waals surface area (Å²) in [5.74, 6) is 0.789. The zero-order valence-corrected chi connectivity index (χ0v) is 18.1. The van der Waals surface area contributed by atoms with Gasteiger partial charge in [0, 0.05) is 23.6 Å². The fourth-order valence-electron chi connectivity index (χ4n) is 3.27. The van der Waals surface area contributed by atoms with E-state index < -0.39 is 6.10 Å². The number of ether oxygens (including phenoxy) is 2. The summed E-state index contributed by atoms with van der Waals surface area (Å²) < 4.78 is 12.8. The Kier molecular flexibility index (Phi) is 8.58. The largest absolute Gasteiger partial charge is 0.491 e. The molecule has 3 atom stereocenters. The molecule has 1 fully saturated rings. The Morgan fingerprint density at radius 3 is 2.52 bits per heavy atom. The molecule has 2 aromatic rings. The second-order valence-electron chi connectivity index (χ2n) is 6.86. The second kappa shape index (κ2) is 10.4. The van der Waals surface area contributed by atoms with Crippen LogP contribution in [0.3, 0.4) is 0 Å². The van der Waals surface area contributed by atoms with Gasteiger partial charge in [0.25, 0.3) is 0 Å². The van der Waals surface area contributed by atoms with Crippen LogP contribution in [0.2, 0.25) is 0 Å². The van der Waals surface area contributed by atoms with Crippen LogP contribution in [-0.4, -0.2) is 48.5 Å². The second-order valence-corrected chi connectivity index (χ2v) is 7.77. The molecule has 0 aromatic heterocycles. The van der Waals surface area contributed by atoms with Crippen molar-refractivity contribution in [2.45, 2.75) is 32.1 Å². The molecule has 0 radical (unpaired) electrons. The van der Waals surface area contributed by atoms with Crippen molar-refractivity contribution in [2.75, 3.05) is 26.3 Å². The fourth-order valence-corrected chi connectivity index (χ4v) is 3.53. The van der Waals surface area contributed by atoms with Crippen molar-refractivity contribution in [3.63, 3.8) is 0 Å². The highest BCUT2D eigenvalue weighted by Crippen LogP contribution is 2.29. The zero-order chi connectivity index (χ0) is 18.5. The average molecular weight is 457 g/mol. The number of hydrogen-bond donors (Lipinski definition) is 1. The van der Waals surface area contributed by atoms with Crippen molar-refractivity contribution in [1.29, 1.82) is 0 Å². The van der Waals surface area contributed by atoms with Crippen molar-refractivity contribution in [2.24, 2.45) is 0 Å². The first-order valence-corrected chi connectivity index (χ1v) is 9.81. The number of rotatable bonds is 6. The maximum atomic E-state index is 10.4. The minimum Gasteiger partial charge on any atom is -0.491 e. The summed E-state index contributed by atoms with van der Waals surface area (Å²) in [5, 5.41) is 10.4. The molecule has 0 spiro atoms. The van der Waals surface area contributed by atoms with Crippen molar-refractivity contribution in [1.82, 2.24) is 4.90 Å². The molecular formula is C21H27BrClNO3. The molecular weight excluding hydrogens is 430 g/mol. The number of nitrogens with zero attached hydrogens (tertiary/aromatic N) is 1. The van der Waals surface area contributed by atoms with Crippen LogP contribution in [0.1, 0.15) is 24.2 Å². The Bertz CT molecular complexity index is 696. The van der Waals surface area contributed by atoms with Gasteiger partial charge in [0.1, 0.15) is 18.5 Å². The molecule has 2 aromatic carbocycles. The molecule has 3 unspecified atom stereocenters. The lowest BCUT2D eigenvalue weighted by Crippen LogP contribution is -2.49. The molecule has 148 valence electrons. The van der Waals surface area contributed by atoms with Crippen LogP contribution in [0.4, 0.5) is 0 Å². The van der Waals surface area contributed by atoms with Gasteiger partial charge in [-0.15, -0.1) is 12.4 Å². The topological polar surface area (TPSA) is 41.9 Å². The molecule has 0 aliphatic carbocycles. The van der Waals surface area contributed by atoms with Crippen LogP contribution >= 0.6 is 28.3 Å². The lowest BCUT2D eigenvalue weighted by atomic mass is 10.0. The predicted molar refractivity (Wildman–Crippen MR) is 114 cm³/mol. The van der Waals surface area contributed by atoms with Crippen LogP contribution < -0.4 is 4.74 Å². The molecule has 1 saturated heterocycles. The number of benzene rings is 2. The molecule has 1 aliphatic heterocycles. The lowest BCUT2D eigenvalue weighted by molar-refractivity contribution is -0.0804. The summed E-state index contributed by atoms with van der Waals surface area (Å²) in [6.45, 7) is 6.53. The highest BCUT2D eigenvalue weighted by Gasteiger charge is 2.31. The first-order valence-electron chi connectivity index (χ1n) is 9.01. The van der Waals surface area contributed by atoms with E-state index in [0.29, 0.717) is 13.2 Å². The van der Waals surface area contributed by atoms with Gasteiger partial charge in [0.2, 0.25) is 0 Å². The first kappa shape index (κ1) is 22.2. The van der Waals surface area contributed by atoms with Gasteiger partial charge in [0.05, 0.1) is 12.7 Å². The van der Waals surface area contributed by atoms with Crippen molar-refractivity contribution >= 4 is 28.3 Å². The standard InChI is InChI=1S/C21H26BrNO3.ClH/c1-15-3-9-20(10-4-15)26-14-19(24)13-23-11-12-25-21(16(23)2)17-5-7-18(22)8-6-17;/h3-10,16,19,21,24H,11-14H2,1-2H3;1H. The van der Waals surface area contributed by atoms with E-state index in [-0.39, 0.29) is 31.2 Å². The molecule has 4 nitrogen and oxygen atoms in total. The van der Waals surface area contributed by atoms with E-state index >= 15 is 0 Å². The summed E-state index contributed by atoms with van der Waals surface area (Å²) in [6.07, 6.45) is -0.524. The van der Waals surface area contributed by atoms with Gasteiger partial charge in [-0.3, -0.25) is 4.90 Å². The van der Waals surface area contributed by atoms with E-state index in [1.54, 1.807) is 0 Å². The van der Waals surface area contributed by atoms with E-state index in [0.717, 1.165) is 22.3 Å². The van der Waals surface area contributed by atoms with Gasteiger partial charge in [-0.1, -0.05) is 45.8 Å². The van der Waals surface area contributed by atoms with E-state index in [1.807, 2.05) is 43.3 Å². The monoisotopic (exact) mass is 455 g/mol. The molecule has 0 amide bonds. The Balaban J connectivity index is 0.00000261. The van der Waals surface area contributed by atoms with Gasteiger partial charge in [0.15, 0.2) is 0 Å². The minimum absolute atomic E-state index is 0. The maximum absolute atomic E-state index is 10.4. The normalized spacial score (nSPS) is 21.3. The summed E-state index contributed by atoms with van der Waals surface area (Å²) in [4.78, 5) is 2.28. The number of morpholine rings is 1. The molecule has 6 heteroatoms. The first-order chi connectivity index (χ1) is 12.5.